The topological polar surface area (TPSA) is 49.5 Å². The van der Waals surface area contributed by atoms with Gasteiger partial charge in [-0.2, -0.15) is 0 Å². The van der Waals surface area contributed by atoms with Gasteiger partial charge in [0, 0.05) is 25.7 Å². The van der Waals surface area contributed by atoms with Crippen LogP contribution in [-0.2, 0) is 0 Å². The standard InChI is InChI=1S/C12H24N2O/c1-9-2-3-12(13)10(6-9)7-14-5-4-11(15)8-14/h9-12,15H,2-8,13H2,1H3. The van der Waals surface area contributed by atoms with Crippen molar-refractivity contribution in [3.63, 3.8) is 0 Å². The zero-order valence-electron chi connectivity index (χ0n) is 9.73. The van der Waals surface area contributed by atoms with Crippen LogP contribution in [0.2, 0.25) is 0 Å². The van der Waals surface area contributed by atoms with Gasteiger partial charge < -0.3 is 15.7 Å². The number of aliphatic hydroxyl groups excluding tert-OH is 1. The van der Waals surface area contributed by atoms with Crippen LogP contribution in [0.4, 0.5) is 0 Å². The molecule has 0 amide bonds. The van der Waals surface area contributed by atoms with Crippen molar-refractivity contribution in [1.29, 1.82) is 0 Å². The van der Waals surface area contributed by atoms with Gasteiger partial charge in [0.25, 0.3) is 0 Å². The first kappa shape index (κ1) is 11.4. The first-order chi connectivity index (χ1) is 7.15. The Balaban J connectivity index is 1.82. The molecular weight excluding hydrogens is 188 g/mol. The molecule has 2 fully saturated rings. The Bertz CT molecular complexity index is 210. The maximum Gasteiger partial charge on any atom is 0.0679 e. The number of hydrogen-bond donors (Lipinski definition) is 2. The molecule has 0 aromatic rings. The van der Waals surface area contributed by atoms with Crippen LogP contribution < -0.4 is 5.73 Å². The van der Waals surface area contributed by atoms with Crippen LogP contribution in [0.15, 0.2) is 0 Å². The number of β-amino-alcohol motifs (C(OH)–C–C–N with tert-alkyl or cyclic N) is 1. The van der Waals surface area contributed by atoms with Crippen LogP contribution >= 0.6 is 0 Å². The molecule has 1 heterocycles. The lowest BCUT2D eigenvalue weighted by Crippen LogP contribution is -2.42. The van der Waals surface area contributed by atoms with E-state index in [0.717, 1.165) is 32.0 Å². The Hall–Kier alpha value is -0.120. The average Bonchev–Trinajstić information content (AvgIpc) is 2.58. The van der Waals surface area contributed by atoms with Gasteiger partial charge >= 0.3 is 0 Å². The molecule has 0 spiro atoms. The number of likely N-dealkylation sites (tertiary alicyclic amines) is 1. The zero-order chi connectivity index (χ0) is 10.8. The quantitative estimate of drug-likeness (QED) is 0.712. The van der Waals surface area contributed by atoms with Crippen molar-refractivity contribution in [1.82, 2.24) is 4.90 Å². The van der Waals surface area contributed by atoms with Crippen LogP contribution in [0.25, 0.3) is 0 Å². The number of nitrogens with zero attached hydrogens (tertiary/aromatic N) is 1. The van der Waals surface area contributed by atoms with Crippen molar-refractivity contribution in [2.45, 2.75) is 44.8 Å². The lowest BCUT2D eigenvalue weighted by molar-refractivity contribution is 0.148. The maximum absolute atomic E-state index is 9.47. The number of rotatable bonds is 2. The van der Waals surface area contributed by atoms with Gasteiger partial charge in [0.15, 0.2) is 0 Å². The molecule has 0 bridgehead atoms. The SMILES string of the molecule is CC1CCC(N)C(CN2CCC(O)C2)C1. The first-order valence-corrected chi connectivity index (χ1v) is 6.31. The summed E-state index contributed by atoms with van der Waals surface area (Å²) in [6, 6.07) is 0.388. The van der Waals surface area contributed by atoms with Crippen LogP contribution in [-0.4, -0.2) is 41.8 Å². The maximum atomic E-state index is 9.47. The molecule has 88 valence electrons. The molecule has 1 saturated heterocycles. The van der Waals surface area contributed by atoms with E-state index in [0.29, 0.717) is 12.0 Å². The van der Waals surface area contributed by atoms with Crippen LogP contribution in [0.5, 0.6) is 0 Å². The summed E-state index contributed by atoms with van der Waals surface area (Å²) < 4.78 is 0. The Kier molecular flexibility index (Phi) is 3.65. The van der Waals surface area contributed by atoms with Crippen LogP contribution in [0.1, 0.15) is 32.6 Å². The fourth-order valence-corrected chi connectivity index (χ4v) is 3.04. The molecule has 1 saturated carbocycles. The van der Waals surface area contributed by atoms with Crippen molar-refractivity contribution in [2.24, 2.45) is 17.6 Å². The largest absolute Gasteiger partial charge is 0.392 e. The van der Waals surface area contributed by atoms with E-state index < -0.39 is 0 Å². The van der Waals surface area contributed by atoms with E-state index in [-0.39, 0.29) is 6.10 Å². The lowest BCUT2D eigenvalue weighted by Gasteiger charge is -2.35. The van der Waals surface area contributed by atoms with Gasteiger partial charge in [0.2, 0.25) is 0 Å². The summed E-state index contributed by atoms with van der Waals surface area (Å²) in [6.45, 7) is 5.34. The molecule has 1 aliphatic carbocycles. The van der Waals surface area contributed by atoms with E-state index in [9.17, 15) is 5.11 Å². The summed E-state index contributed by atoms with van der Waals surface area (Å²) in [5, 5.41) is 9.47. The van der Waals surface area contributed by atoms with E-state index in [4.69, 9.17) is 5.73 Å². The van der Waals surface area contributed by atoms with Gasteiger partial charge in [-0.1, -0.05) is 6.92 Å². The van der Waals surface area contributed by atoms with Gasteiger partial charge in [0.05, 0.1) is 6.10 Å². The molecule has 4 atom stereocenters. The Morgan fingerprint density at radius 3 is 2.80 bits per heavy atom. The molecule has 15 heavy (non-hydrogen) atoms. The van der Waals surface area contributed by atoms with Crippen molar-refractivity contribution in [2.75, 3.05) is 19.6 Å². The molecule has 4 unspecified atom stereocenters. The molecule has 0 radical (unpaired) electrons. The Morgan fingerprint density at radius 2 is 2.13 bits per heavy atom. The van der Waals surface area contributed by atoms with Crippen molar-refractivity contribution in [3.05, 3.63) is 0 Å². The first-order valence-electron chi connectivity index (χ1n) is 6.31. The van der Waals surface area contributed by atoms with Crippen molar-refractivity contribution >= 4 is 0 Å². The molecular formula is C12H24N2O. The molecule has 3 N–H and O–H groups in total. The highest BCUT2D eigenvalue weighted by Crippen LogP contribution is 2.29. The zero-order valence-corrected chi connectivity index (χ0v) is 9.73. The van der Waals surface area contributed by atoms with Gasteiger partial charge in [-0.05, 0) is 37.5 Å². The molecule has 2 aliphatic rings. The summed E-state index contributed by atoms with van der Waals surface area (Å²) in [6.07, 6.45) is 4.59. The highest BCUT2D eigenvalue weighted by atomic mass is 16.3. The number of nitrogens with two attached hydrogens (primary N) is 1. The summed E-state index contributed by atoms with van der Waals surface area (Å²) in [7, 11) is 0. The summed E-state index contributed by atoms with van der Waals surface area (Å²) in [4.78, 5) is 2.38. The third-order valence-corrected chi connectivity index (χ3v) is 4.04. The summed E-state index contributed by atoms with van der Waals surface area (Å²) >= 11 is 0. The second-order valence-electron chi connectivity index (χ2n) is 5.54. The highest BCUT2D eigenvalue weighted by molar-refractivity contribution is 4.85. The highest BCUT2D eigenvalue weighted by Gasteiger charge is 2.29. The smallest absolute Gasteiger partial charge is 0.0679 e. The van der Waals surface area contributed by atoms with E-state index in [1.54, 1.807) is 0 Å². The van der Waals surface area contributed by atoms with Gasteiger partial charge in [-0.25, -0.2) is 0 Å². The second-order valence-corrected chi connectivity index (χ2v) is 5.54. The van der Waals surface area contributed by atoms with Crippen molar-refractivity contribution in [3.8, 4) is 0 Å². The third-order valence-electron chi connectivity index (χ3n) is 4.04. The minimum Gasteiger partial charge on any atom is -0.392 e. The predicted octanol–water partition coefficient (Wildman–Crippen LogP) is 0.816. The average molecular weight is 212 g/mol. The van der Waals surface area contributed by atoms with Gasteiger partial charge in [0.1, 0.15) is 0 Å². The van der Waals surface area contributed by atoms with E-state index >= 15 is 0 Å². The molecule has 2 rings (SSSR count). The van der Waals surface area contributed by atoms with E-state index in [1.807, 2.05) is 0 Å². The number of hydrogen-bond acceptors (Lipinski definition) is 3. The molecule has 3 nitrogen and oxygen atoms in total. The molecule has 0 aromatic heterocycles. The lowest BCUT2D eigenvalue weighted by atomic mass is 9.79. The number of aliphatic hydroxyl groups is 1. The van der Waals surface area contributed by atoms with Crippen LogP contribution in [0.3, 0.4) is 0 Å². The van der Waals surface area contributed by atoms with Crippen molar-refractivity contribution < 1.29 is 5.11 Å². The molecule has 0 aromatic carbocycles. The molecule has 1 aliphatic heterocycles. The minimum atomic E-state index is -0.0951. The second kappa shape index (κ2) is 4.81. The van der Waals surface area contributed by atoms with E-state index in [2.05, 4.69) is 11.8 Å². The fourth-order valence-electron chi connectivity index (χ4n) is 3.04. The van der Waals surface area contributed by atoms with Gasteiger partial charge in [-0.15, -0.1) is 0 Å². The van der Waals surface area contributed by atoms with Gasteiger partial charge in [-0.3, -0.25) is 0 Å². The normalized spacial score (nSPS) is 43.4. The third kappa shape index (κ3) is 2.92. The summed E-state index contributed by atoms with van der Waals surface area (Å²) in [5.74, 6) is 1.49. The Labute approximate surface area is 92.6 Å². The minimum absolute atomic E-state index is 0.0951. The fraction of sp³-hybridized carbons (Fsp3) is 1.00. The van der Waals surface area contributed by atoms with E-state index in [1.165, 1.54) is 19.3 Å². The monoisotopic (exact) mass is 212 g/mol. The predicted molar refractivity (Wildman–Crippen MR) is 61.5 cm³/mol. The Morgan fingerprint density at radius 1 is 1.33 bits per heavy atom. The van der Waals surface area contributed by atoms with Crippen LogP contribution in [0, 0.1) is 11.8 Å². The molecule has 3 heteroatoms. The summed E-state index contributed by atoms with van der Waals surface area (Å²) in [5.41, 5.74) is 6.16.